The standard InChI is InChI=1S/3C5H5.6CO.ClH.3Mn.Sb/c3*1-2-4-5-3-1;6*1-2;;;;;/h3*1-5H;;;;;;;1H;;;;/q3*-1;;;;;;;;;;;+1/p-1. The molecular formula is C21H15ClMn3O6Sb-3. The van der Waals surface area contributed by atoms with Gasteiger partial charge in [0.1, 0.15) is 0 Å². The van der Waals surface area contributed by atoms with Gasteiger partial charge in [-0.05, 0) is 0 Å². The van der Waals surface area contributed by atoms with Gasteiger partial charge in [0.2, 0.25) is 0 Å². The quantitative estimate of drug-likeness (QED) is 0.191. The van der Waals surface area contributed by atoms with Crippen LogP contribution in [-0.2, 0) is 79.1 Å². The van der Waals surface area contributed by atoms with E-state index in [1.54, 1.807) is 0 Å². The van der Waals surface area contributed by atoms with Crippen molar-refractivity contribution in [2.24, 2.45) is 0 Å². The first kappa shape index (κ1) is 63.3. The van der Waals surface area contributed by atoms with Crippen LogP contribution >= 0.6 is 8.83 Å². The van der Waals surface area contributed by atoms with Crippen LogP contribution in [0.15, 0.2) is 91.0 Å². The minimum Gasteiger partial charge on any atom is -0.214 e. The zero-order valence-corrected chi connectivity index (χ0v) is 22.9. The van der Waals surface area contributed by atoms with Gasteiger partial charge in [-0.2, -0.15) is 54.6 Å². The van der Waals surface area contributed by atoms with Crippen molar-refractivity contribution in [3.05, 3.63) is 131 Å². The molecule has 0 atom stereocenters. The molecule has 0 aromatic heterocycles. The van der Waals surface area contributed by atoms with Crippen LogP contribution in [0.25, 0.3) is 0 Å². The van der Waals surface area contributed by atoms with Crippen LogP contribution in [0.4, 0.5) is 0 Å². The Balaban J connectivity index is -0.0000000217. The smallest absolute Gasteiger partial charge is 0 e. The molecule has 0 saturated heterocycles. The monoisotopic (exact) mass is 684 g/mol. The molecule has 5 radical (unpaired) electrons. The summed E-state index contributed by atoms with van der Waals surface area (Å²) in [4.78, 5) is 0. The fourth-order valence-electron chi connectivity index (χ4n) is 0.962. The van der Waals surface area contributed by atoms with E-state index >= 15 is 0 Å². The van der Waals surface area contributed by atoms with Crippen LogP contribution < -0.4 is 0 Å². The molecule has 0 aliphatic carbocycles. The van der Waals surface area contributed by atoms with Gasteiger partial charge in [-0.3, -0.25) is 0 Å². The van der Waals surface area contributed by atoms with Crippen LogP contribution in [0.3, 0.4) is 0 Å². The van der Waals surface area contributed by atoms with Gasteiger partial charge in [0, 0.05) is 51.2 Å². The van der Waals surface area contributed by atoms with E-state index in [0.717, 1.165) is 0 Å². The summed E-state index contributed by atoms with van der Waals surface area (Å²) in [6, 6.07) is 30.0. The molecule has 0 saturated carbocycles. The molecule has 0 aliphatic heterocycles. The average molecular weight is 685 g/mol. The van der Waals surface area contributed by atoms with Gasteiger partial charge in [0.15, 0.2) is 0 Å². The number of hydrogen-bond acceptors (Lipinski definition) is 0. The van der Waals surface area contributed by atoms with Crippen LogP contribution in [0.1, 0.15) is 0 Å². The van der Waals surface area contributed by atoms with Crippen molar-refractivity contribution in [2.75, 3.05) is 0 Å². The molecule has 0 bridgehead atoms. The third kappa shape index (κ3) is 115. The van der Waals surface area contributed by atoms with Gasteiger partial charge in [0.05, 0.1) is 0 Å². The predicted octanol–water partition coefficient (Wildman–Crippen LogP) is 4.29. The van der Waals surface area contributed by atoms with E-state index < -0.39 is 0 Å². The van der Waals surface area contributed by atoms with E-state index in [1.165, 1.54) is 21.9 Å². The maximum Gasteiger partial charge on any atom is 0 e. The third-order valence-corrected chi connectivity index (χ3v) is 1.67. The molecule has 0 N–H and O–H groups in total. The van der Waals surface area contributed by atoms with Gasteiger partial charge in [-0.25, -0.2) is 36.4 Å². The van der Waals surface area contributed by atoms with E-state index in [9.17, 15) is 0 Å². The maximum atomic E-state index is 7.50. The normalized spacial score (nSPS) is 4.31. The van der Waals surface area contributed by atoms with E-state index in [1.807, 2.05) is 91.0 Å². The molecule has 32 heavy (non-hydrogen) atoms. The Hall–Kier alpha value is -0.843. The average Bonchev–Trinajstić information content (AvgIpc) is 3.70. The van der Waals surface area contributed by atoms with Gasteiger partial charge in [0.25, 0.3) is 0 Å². The first-order chi connectivity index (χ1) is 14.5. The number of hydrogen-bond donors (Lipinski definition) is 0. The van der Waals surface area contributed by atoms with Crippen LogP contribution in [-0.4, -0.2) is 21.9 Å². The summed E-state index contributed by atoms with van der Waals surface area (Å²) in [7, 11) is 4.69. The minimum atomic E-state index is 0. The summed E-state index contributed by atoms with van der Waals surface area (Å²) in [6.07, 6.45) is 0. The summed E-state index contributed by atoms with van der Waals surface area (Å²) < 4.78 is 45.0. The summed E-state index contributed by atoms with van der Waals surface area (Å²) in [5.74, 6) is 0. The molecular weight excluding hydrogens is 670 g/mol. The van der Waals surface area contributed by atoms with Crippen LogP contribution in [0, 0.1) is 39.9 Å². The minimum absolute atomic E-state index is 0. The Morgan fingerprint density at radius 3 is 0.500 bits per heavy atom. The van der Waals surface area contributed by atoms with Crippen molar-refractivity contribution in [3.8, 4) is 0 Å². The molecule has 3 aromatic carbocycles. The zero-order chi connectivity index (χ0) is 24.6. The first-order valence-electron chi connectivity index (χ1n) is 6.39. The molecule has 0 aliphatic rings. The van der Waals surface area contributed by atoms with Crippen molar-refractivity contribution in [2.45, 2.75) is 0 Å². The van der Waals surface area contributed by atoms with E-state index in [2.05, 4.69) is 48.7 Å². The largest absolute Gasteiger partial charge is 0.214 e. The van der Waals surface area contributed by atoms with Gasteiger partial charge < -0.3 is 0 Å². The Bertz CT molecular complexity index is 457. The number of halogens is 1. The second-order valence-corrected chi connectivity index (χ2v) is 2.89. The topological polar surface area (TPSA) is 119 Å². The molecule has 0 unspecified atom stereocenters. The Labute approximate surface area is 238 Å². The molecule has 0 amide bonds. The SMILES string of the molecule is [C-]#[O+].[C-]#[O+].[C-]#[O+].[C-]#[O+].[C-]#[O+].[C-]#[O+].[Cl][Sb].[Mn].[Mn].[Mn].c1cc[cH-]c1.c1cc[cH-]c1.c1cc[cH-]c1. The second kappa shape index (κ2) is 128. The molecule has 0 fully saturated rings. The molecule has 3 rings (SSSR count). The molecule has 3 aromatic rings. The van der Waals surface area contributed by atoms with Crippen molar-refractivity contribution >= 4 is 30.7 Å². The summed E-state index contributed by atoms with van der Waals surface area (Å²) in [6.45, 7) is 27.0. The Kier molecular flexibility index (Phi) is 253. The third-order valence-electron chi connectivity index (χ3n) is 1.67. The summed E-state index contributed by atoms with van der Waals surface area (Å²) in [5.41, 5.74) is 0. The fraction of sp³-hybridized carbons (Fsp3) is 0. The van der Waals surface area contributed by atoms with E-state index in [4.69, 9.17) is 27.9 Å². The molecule has 171 valence electrons. The number of rotatable bonds is 0. The molecule has 0 spiro atoms. The van der Waals surface area contributed by atoms with Crippen molar-refractivity contribution in [1.82, 2.24) is 0 Å². The molecule has 0 heterocycles. The zero-order valence-electron chi connectivity index (χ0n) is 16.1. The predicted molar refractivity (Wildman–Crippen MR) is 101 cm³/mol. The first-order valence-corrected chi connectivity index (χ1v) is 9.63. The van der Waals surface area contributed by atoms with Crippen molar-refractivity contribution in [1.29, 1.82) is 0 Å². The van der Waals surface area contributed by atoms with Crippen LogP contribution in [0.5, 0.6) is 0 Å². The maximum absolute atomic E-state index is 7.50. The van der Waals surface area contributed by atoms with Crippen molar-refractivity contribution < 1.29 is 79.1 Å². The summed E-state index contributed by atoms with van der Waals surface area (Å²) >= 11 is 1.22. The Morgan fingerprint density at radius 1 is 0.375 bits per heavy atom. The van der Waals surface area contributed by atoms with Gasteiger partial charge in [-0.15, -0.1) is 0 Å². The summed E-state index contributed by atoms with van der Waals surface area (Å²) in [5, 5.41) is 0. The van der Waals surface area contributed by atoms with Gasteiger partial charge >= 0.3 is 98.5 Å². The van der Waals surface area contributed by atoms with Crippen molar-refractivity contribution in [3.63, 3.8) is 0 Å². The Morgan fingerprint density at radius 2 is 0.469 bits per heavy atom. The van der Waals surface area contributed by atoms with Crippen LogP contribution in [0.2, 0.25) is 0 Å². The fourth-order valence-corrected chi connectivity index (χ4v) is 0.962. The molecule has 6 nitrogen and oxygen atoms in total. The second-order valence-electron chi connectivity index (χ2n) is 2.89. The van der Waals surface area contributed by atoms with E-state index in [-0.39, 0.29) is 51.2 Å². The molecule has 11 heteroatoms. The van der Waals surface area contributed by atoms with Gasteiger partial charge in [-0.1, -0.05) is 0 Å². The van der Waals surface area contributed by atoms with E-state index in [0.29, 0.717) is 0 Å².